The molecule has 0 spiro atoms. The van der Waals surface area contributed by atoms with Crippen molar-refractivity contribution in [3.05, 3.63) is 76.9 Å². The molecule has 0 aliphatic heterocycles. The zero-order valence-electron chi connectivity index (χ0n) is 12.6. The molecule has 4 nitrogen and oxygen atoms in total. The normalized spacial score (nSPS) is 10.9. The molecular formula is C18H15ClN4. The maximum Gasteiger partial charge on any atom is 0.161 e. The van der Waals surface area contributed by atoms with Gasteiger partial charge >= 0.3 is 0 Å². The van der Waals surface area contributed by atoms with Crippen molar-refractivity contribution >= 4 is 23.6 Å². The van der Waals surface area contributed by atoms with Crippen molar-refractivity contribution < 1.29 is 0 Å². The zero-order chi connectivity index (χ0) is 16.1. The van der Waals surface area contributed by atoms with Crippen molar-refractivity contribution in [1.82, 2.24) is 9.97 Å². The van der Waals surface area contributed by atoms with Gasteiger partial charge in [0.2, 0.25) is 0 Å². The summed E-state index contributed by atoms with van der Waals surface area (Å²) < 4.78 is 0. The maximum absolute atomic E-state index is 6.09. The summed E-state index contributed by atoms with van der Waals surface area (Å²) >= 11 is 6.09. The average Bonchev–Trinajstić information content (AvgIpc) is 2.57. The van der Waals surface area contributed by atoms with E-state index in [4.69, 9.17) is 11.6 Å². The Balaban J connectivity index is 1.81. The number of benzene rings is 2. The summed E-state index contributed by atoms with van der Waals surface area (Å²) in [6.07, 6.45) is 1.67. The number of rotatable bonds is 4. The number of halogens is 1. The highest BCUT2D eigenvalue weighted by Crippen LogP contribution is 2.17. The molecule has 0 aliphatic carbocycles. The number of aromatic nitrogens is 2. The van der Waals surface area contributed by atoms with Crippen LogP contribution in [0.5, 0.6) is 0 Å². The van der Waals surface area contributed by atoms with Gasteiger partial charge in [-0.05, 0) is 13.0 Å². The molecule has 2 aromatic carbocycles. The standard InChI is InChI=1S/C18H15ClN4/c1-13-11-17(22-18(21-13)14-7-3-2-4-8-14)23-20-12-15-9-5-6-10-16(15)19/h2-12H,1H3,(H,21,22,23). The largest absolute Gasteiger partial charge is 0.261 e. The first-order valence-electron chi connectivity index (χ1n) is 7.17. The van der Waals surface area contributed by atoms with Gasteiger partial charge in [-0.2, -0.15) is 5.10 Å². The van der Waals surface area contributed by atoms with Crippen LogP contribution in [-0.2, 0) is 0 Å². The molecule has 0 fully saturated rings. The van der Waals surface area contributed by atoms with Crippen molar-refractivity contribution in [1.29, 1.82) is 0 Å². The second-order valence-corrected chi connectivity index (χ2v) is 5.38. The van der Waals surface area contributed by atoms with Gasteiger partial charge in [0.05, 0.1) is 6.21 Å². The molecule has 3 aromatic rings. The van der Waals surface area contributed by atoms with Gasteiger partial charge in [0.25, 0.3) is 0 Å². The van der Waals surface area contributed by atoms with Gasteiger partial charge in [0, 0.05) is 27.9 Å². The Morgan fingerprint density at radius 1 is 1.00 bits per heavy atom. The smallest absolute Gasteiger partial charge is 0.161 e. The van der Waals surface area contributed by atoms with Crippen LogP contribution in [0.3, 0.4) is 0 Å². The fourth-order valence-electron chi connectivity index (χ4n) is 2.09. The summed E-state index contributed by atoms with van der Waals surface area (Å²) in [6, 6.07) is 19.2. The Labute approximate surface area is 139 Å². The van der Waals surface area contributed by atoms with Crippen LogP contribution in [0, 0.1) is 6.92 Å². The lowest BCUT2D eigenvalue weighted by molar-refractivity contribution is 1.10. The highest BCUT2D eigenvalue weighted by molar-refractivity contribution is 6.33. The van der Waals surface area contributed by atoms with Crippen LogP contribution in [0.2, 0.25) is 5.02 Å². The van der Waals surface area contributed by atoms with E-state index in [0.29, 0.717) is 16.7 Å². The van der Waals surface area contributed by atoms with Crippen molar-refractivity contribution in [3.63, 3.8) is 0 Å². The topological polar surface area (TPSA) is 50.2 Å². The number of anilines is 1. The van der Waals surface area contributed by atoms with Crippen molar-refractivity contribution in [3.8, 4) is 11.4 Å². The molecule has 0 saturated heterocycles. The molecule has 1 N–H and O–H groups in total. The molecule has 1 heterocycles. The van der Waals surface area contributed by atoms with E-state index in [-0.39, 0.29) is 0 Å². The summed E-state index contributed by atoms with van der Waals surface area (Å²) in [5.74, 6) is 1.31. The summed E-state index contributed by atoms with van der Waals surface area (Å²) in [5.41, 5.74) is 5.61. The molecule has 0 unspecified atom stereocenters. The van der Waals surface area contributed by atoms with E-state index >= 15 is 0 Å². The second kappa shape index (κ2) is 7.03. The summed E-state index contributed by atoms with van der Waals surface area (Å²) in [5, 5.41) is 4.85. The molecule has 1 aromatic heterocycles. The third-order valence-corrected chi connectivity index (χ3v) is 3.52. The van der Waals surface area contributed by atoms with Gasteiger partial charge in [-0.25, -0.2) is 9.97 Å². The molecule has 3 rings (SSSR count). The molecule has 0 radical (unpaired) electrons. The molecule has 0 saturated carbocycles. The zero-order valence-corrected chi connectivity index (χ0v) is 13.3. The van der Waals surface area contributed by atoms with Crippen molar-refractivity contribution in [2.24, 2.45) is 5.10 Å². The first-order valence-corrected chi connectivity index (χ1v) is 7.55. The Bertz CT molecular complexity index is 831. The van der Waals surface area contributed by atoms with Crippen molar-refractivity contribution in [2.75, 3.05) is 5.43 Å². The lowest BCUT2D eigenvalue weighted by atomic mass is 10.2. The Kier molecular flexibility index (Phi) is 4.64. The SMILES string of the molecule is Cc1cc(NN=Cc2ccccc2Cl)nc(-c2ccccc2)n1. The summed E-state index contributed by atoms with van der Waals surface area (Å²) in [7, 11) is 0. The van der Waals surface area contributed by atoms with E-state index in [1.807, 2.05) is 67.6 Å². The molecule has 0 bridgehead atoms. The lowest BCUT2D eigenvalue weighted by Crippen LogP contribution is -1.99. The number of hydrazone groups is 1. The Hall–Kier alpha value is -2.72. The van der Waals surface area contributed by atoms with Crippen LogP contribution in [0.15, 0.2) is 65.8 Å². The highest BCUT2D eigenvalue weighted by atomic mass is 35.5. The van der Waals surface area contributed by atoms with Crippen LogP contribution in [0.1, 0.15) is 11.3 Å². The number of nitrogens with zero attached hydrogens (tertiary/aromatic N) is 3. The van der Waals surface area contributed by atoms with E-state index in [1.165, 1.54) is 0 Å². The molecular weight excluding hydrogens is 308 g/mol. The fourth-order valence-corrected chi connectivity index (χ4v) is 2.27. The molecule has 0 amide bonds. The van der Waals surface area contributed by atoms with E-state index in [0.717, 1.165) is 16.8 Å². The number of aryl methyl sites for hydroxylation is 1. The van der Waals surface area contributed by atoms with E-state index in [1.54, 1.807) is 6.21 Å². The first kappa shape index (κ1) is 15.2. The molecule has 0 aliphatic rings. The van der Waals surface area contributed by atoms with Crippen LogP contribution in [0.25, 0.3) is 11.4 Å². The Morgan fingerprint density at radius 3 is 2.52 bits per heavy atom. The molecule has 5 heteroatoms. The van der Waals surface area contributed by atoms with Crippen LogP contribution >= 0.6 is 11.6 Å². The predicted octanol–water partition coefficient (Wildman–Crippen LogP) is 4.55. The minimum atomic E-state index is 0.639. The summed E-state index contributed by atoms with van der Waals surface area (Å²) in [4.78, 5) is 8.95. The first-order chi connectivity index (χ1) is 11.2. The van der Waals surface area contributed by atoms with Gasteiger partial charge in [0.15, 0.2) is 11.6 Å². The number of hydrogen-bond donors (Lipinski definition) is 1. The minimum absolute atomic E-state index is 0.639. The summed E-state index contributed by atoms with van der Waals surface area (Å²) in [6.45, 7) is 1.93. The molecule has 114 valence electrons. The lowest BCUT2D eigenvalue weighted by Gasteiger charge is -2.05. The monoisotopic (exact) mass is 322 g/mol. The van der Waals surface area contributed by atoms with Gasteiger partial charge < -0.3 is 0 Å². The van der Waals surface area contributed by atoms with Gasteiger partial charge in [-0.3, -0.25) is 5.43 Å². The quantitative estimate of drug-likeness (QED) is 0.566. The van der Waals surface area contributed by atoms with Crippen LogP contribution < -0.4 is 5.43 Å². The number of hydrogen-bond acceptors (Lipinski definition) is 4. The van der Waals surface area contributed by atoms with Crippen molar-refractivity contribution in [2.45, 2.75) is 6.92 Å². The fraction of sp³-hybridized carbons (Fsp3) is 0.0556. The van der Waals surface area contributed by atoms with E-state index in [9.17, 15) is 0 Å². The van der Waals surface area contributed by atoms with E-state index in [2.05, 4.69) is 20.5 Å². The minimum Gasteiger partial charge on any atom is -0.261 e. The Morgan fingerprint density at radius 2 is 1.74 bits per heavy atom. The van der Waals surface area contributed by atoms with Gasteiger partial charge in [-0.15, -0.1) is 0 Å². The third-order valence-electron chi connectivity index (χ3n) is 3.17. The van der Waals surface area contributed by atoms with Gasteiger partial charge in [-0.1, -0.05) is 60.1 Å². The average molecular weight is 323 g/mol. The molecule has 23 heavy (non-hydrogen) atoms. The second-order valence-electron chi connectivity index (χ2n) is 4.98. The highest BCUT2D eigenvalue weighted by Gasteiger charge is 2.04. The van der Waals surface area contributed by atoms with Gasteiger partial charge in [0.1, 0.15) is 0 Å². The maximum atomic E-state index is 6.09. The predicted molar refractivity (Wildman–Crippen MR) is 94.9 cm³/mol. The van der Waals surface area contributed by atoms with Crippen LogP contribution in [0.4, 0.5) is 5.82 Å². The third kappa shape index (κ3) is 3.93. The molecule has 0 atom stereocenters. The van der Waals surface area contributed by atoms with Crippen LogP contribution in [-0.4, -0.2) is 16.2 Å². The van der Waals surface area contributed by atoms with E-state index < -0.39 is 0 Å². The number of nitrogens with one attached hydrogen (secondary N) is 1.